The third-order valence-corrected chi connectivity index (χ3v) is 28.3. The van der Waals surface area contributed by atoms with E-state index in [2.05, 4.69) is 473 Å². The number of fused-ring (bicyclic) bond motifs is 30. The van der Waals surface area contributed by atoms with E-state index >= 15 is 0 Å². The molecule has 0 spiro atoms. The van der Waals surface area contributed by atoms with Crippen LogP contribution in [-0.4, -0.2) is 9.13 Å². The van der Waals surface area contributed by atoms with Crippen molar-refractivity contribution in [2.45, 2.75) is 0 Å². The number of hydrogen-bond acceptors (Lipinski definition) is 7. The van der Waals surface area contributed by atoms with Crippen molar-refractivity contribution in [3.8, 4) is 100 Å². The average Bonchev–Trinajstić information content (AvgIpc) is 1.54. The summed E-state index contributed by atoms with van der Waals surface area (Å²) < 4.78 is 35.5. The van der Waals surface area contributed by atoms with Crippen LogP contribution in [0.15, 0.2) is 473 Å². The molecule has 6 aromatic heterocycles. The summed E-state index contributed by atoms with van der Waals surface area (Å²) in [5.74, 6) is 0. The van der Waals surface area contributed by atoms with Gasteiger partial charge in [-0.1, -0.05) is 309 Å². The zero-order valence-electron chi connectivity index (χ0n) is 72.7. The molecule has 0 atom stereocenters. The second kappa shape index (κ2) is 29.2. The molecule has 0 amide bonds. The Hall–Kier alpha value is -18.2. The summed E-state index contributed by atoms with van der Waals surface area (Å²) in [6.07, 6.45) is 0. The van der Waals surface area contributed by atoms with E-state index in [0.29, 0.717) is 0 Å². The Morgan fingerprint density at radius 1 is 0.163 bits per heavy atom. The van der Waals surface area contributed by atoms with Crippen LogP contribution >= 0.6 is 0 Å². The zero-order chi connectivity index (χ0) is 88.2. The van der Waals surface area contributed by atoms with E-state index in [1.165, 1.54) is 16.2 Å². The van der Waals surface area contributed by atoms with Crippen LogP contribution in [-0.2, 0) is 0 Å². The quantitative estimate of drug-likeness (QED) is 0.114. The van der Waals surface area contributed by atoms with E-state index in [1.807, 2.05) is 6.07 Å². The number of para-hydroxylation sites is 11. The number of hydrogen-bond donors (Lipinski definition) is 0. The van der Waals surface area contributed by atoms with Gasteiger partial charge in [-0.2, -0.15) is 0 Å². The summed E-state index contributed by atoms with van der Waals surface area (Å²) in [7, 11) is 0. The lowest BCUT2D eigenvalue weighted by Crippen LogP contribution is -2.13. The van der Waals surface area contributed by atoms with Crippen LogP contribution in [0.4, 0.5) is 51.2 Å². The van der Waals surface area contributed by atoms with Crippen LogP contribution in [0, 0.1) is 0 Å². The molecule has 9 heteroatoms. The van der Waals surface area contributed by atoms with E-state index in [0.717, 1.165) is 267 Å². The molecule has 0 saturated carbocycles. The molecular weight excluding hydrogens is 1650 g/mol. The lowest BCUT2D eigenvalue weighted by molar-refractivity contribution is 0.666. The predicted octanol–water partition coefficient (Wildman–Crippen LogP) is 35.9. The molecule has 29 rings (SSSR count). The highest BCUT2D eigenvalue weighted by Gasteiger charge is 2.35. The van der Waals surface area contributed by atoms with Crippen molar-refractivity contribution >= 4 is 183 Å². The van der Waals surface area contributed by atoms with Gasteiger partial charge in [-0.05, 0) is 201 Å². The molecule has 0 bridgehead atoms. The number of anilines is 9. The fourth-order valence-corrected chi connectivity index (χ4v) is 22.4. The molecule has 0 saturated heterocycles. The van der Waals surface area contributed by atoms with Crippen molar-refractivity contribution in [2.75, 3.05) is 14.7 Å². The molecule has 0 unspecified atom stereocenters. The number of benzene rings is 21. The summed E-state index contributed by atoms with van der Waals surface area (Å²) in [4.78, 5) is 7.07. The van der Waals surface area contributed by atoms with Gasteiger partial charge in [-0.15, -0.1) is 0 Å². The molecule has 8 heterocycles. The third kappa shape index (κ3) is 11.2. The van der Waals surface area contributed by atoms with Crippen LogP contribution < -0.4 is 14.7 Å². The van der Waals surface area contributed by atoms with Gasteiger partial charge in [0.1, 0.15) is 22.3 Å². The zero-order valence-corrected chi connectivity index (χ0v) is 72.7. The normalized spacial score (nSPS) is 12.1. The van der Waals surface area contributed by atoms with Crippen molar-refractivity contribution in [2.24, 2.45) is 0 Å². The highest BCUT2D eigenvalue weighted by Crippen LogP contribution is 2.58. The third-order valence-electron chi connectivity index (χ3n) is 28.3. The van der Waals surface area contributed by atoms with Gasteiger partial charge >= 0.3 is 0 Å². The number of aromatic nitrogens is 2. The molecular formula is C126H75N5O4. The molecule has 0 aliphatic carbocycles. The van der Waals surface area contributed by atoms with Gasteiger partial charge in [0.2, 0.25) is 0 Å². The van der Waals surface area contributed by atoms with Crippen molar-refractivity contribution in [3.63, 3.8) is 0 Å². The molecule has 9 nitrogen and oxygen atoms in total. The van der Waals surface area contributed by atoms with Gasteiger partial charge in [-0.25, -0.2) is 0 Å². The maximum atomic E-state index is 7.93. The van der Waals surface area contributed by atoms with Crippen LogP contribution in [0.3, 0.4) is 0 Å². The minimum Gasteiger partial charge on any atom is -0.454 e. The molecule has 27 aromatic rings. The Balaban J connectivity index is 0.619. The highest BCUT2D eigenvalue weighted by molar-refractivity contribution is 6.26. The van der Waals surface area contributed by atoms with Crippen molar-refractivity contribution < 1.29 is 17.7 Å². The summed E-state index contributed by atoms with van der Waals surface area (Å²) in [6.45, 7) is 0. The second-order valence-electron chi connectivity index (χ2n) is 35.6. The fraction of sp³-hybridized carbons (Fsp3) is 0. The minimum atomic E-state index is 0.729. The lowest BCUT2D eigenvalue weighted by atomic mass is 9.90. The summed E-state index contributed by atoms with van der Waals surface area (Å²) >= 11 is 0. The van der Waals surface area contributed by atoms with Crippen LogP contribution in [0.5, 0.6) is 0 Å². The first-order valence-corrected chi connectivity index (χ1v) is 46.1. The summed E-state index contributed by atoms with van der Waals surface area (Å²) in [5, 5.41) is 12.8. The average molecular weight is 1720 g/mol. The van der Waals surface area contributed by atoms with E-state index in [1.54, 1.807) is 0 Å². The van der Waals surface area contributed by atoms with Crippen LogP contribution in [0.2, 0.25) is 0 Å². The molecule has 135 heavy (non-hydrogen) atoms. The maximum Gasteiger partial charge on any atom is 0.159 e. The Kier molecular flexibility index (Phi) is 16.1. The van der Waals surface area contributed by atoms with E-state index in [4.69, 9.17) is 17.7 Å². The number of furan rings is 4. The first-order valence-electron chi connectivity index (χ1n) is 46.1. The SMILES string of the molecule is c1ccc(-c2ccc(N(c3ccccc3)c3cccc(N(c4cccc5c4oc4cc(-c6ccc7c(c6)-c6ccc8c(oc9c(N(c%10cc(-c%11ccccc%11)cc(-c%11ccccc%11)c%10)c%10cccc%11c%10oc%10ccccc%10%11)cccc98)c6-c6cccc8c9ccccc9n-7c68)ccc45)c4cccc5c4oc4c6c(ccc45)-c4ccccc4-n4c5ccccc5c5cccc-6c54)c3)cc2)cc1. The highest BCUT2D eigenvalue weighted by atomic mass is 16.3. The van der Waals surface area contributed by atoms with Crippen molar-refractivity contribution in [1.82, 2.24) is 9.13 Å². The largest absolute Gasteiger partial charge is 0.454 e. The van der Waals surface area contributed by atoms with E-state index in [9.17, 15) is 0 Å². The van der Waals surface area contributed by atoms with Crippen molar-refractivity contribution in [3.05, 3.63) is 455 Å². The second-order valence-corrected chi connectivity index (χ2v) is 35.6. The van der Waals surface area contributed by atoms with Crippen LogP contribution in [0.25, 0.3) is 232 Å². The Bertz CT molecular complexity index is 9600. The molecule has 0 N–H and O–H groups in total. The van der Waals surface area contributed by atoms with Gasteiger partial charge in [0.15, 0.2) is 22.3 Å². The minimum absolute atomic E-state index is 0.729. The van der Waals surface area contributed by atoms with Gasteiger partial charge in [0.25, 0.3) is 0 Å². The first-order chi connectivity index (χ1) is 67.0. The Labute approximate surface area is 774 Å². The van der Waals surface area contributed by atoms with Gasteiger partial charge in [0, 0.05) is 126 Å². The molecule has 2 aliphatic heterocycles. The van der Waals surface area contributed by atoms with Crippen molar-refractivity contribution in [1.29, 1.82) is 0 Å². The molecule has 628 valence electrons. The Morgan fingerprint density at radius 3 is 1.10 bits per heavy atom. The molecule has 21 aromatic carbocycles. The fourth-order valence-electron chi connectivity index (χ4n) is 22.4. The molecule has 0 radical (unpaired) electrons. The molecule has 2 aliphatic rings. The number of rotatable bonds is 13. The Morgan fingerprint density at radius 2 is 0.526 bits per heavy atom. The topological polar surface area (TPSA) is 72.1 Å². The van der Waals surface area contributed by atoms with Crippen LogP contribution in [0.1, 0.15) is 0 Å². The summed E-state index contributed by atoms with van der Waals surface area (Å²) in [5.41, 5.74) is 38.6. The first kappa shape index (κ1) is 74.7. The lowest BCUT2D eigenvalue weighted by Gasteiger charge is -2.29. The van der Waals surface area contributed by atoms with E-state index < -0.39 is 0 Å². The van der Waals surface area contributed by atoms with E-state index in [-0.39, 0.29) is 0 Å². The summed E-state index contributed by atoms with van der Waals surface area (Å²) in [6, 6.07) is 165. The predicted molar refractivity (Wildman–Crippen MR) is 559 cm³/mol. The maximum absolute atomic E-state index is 7.93. The smallest absolute Gasteiger partial charge is 0.159 e. The monoisotopic (exact) mass is 1720 g/mol. The molecule has 0 fully saturated rings. The van der Waals surface area contributed by atoms with Gasteiger partial charge in [-0.3, -0.25) is 0 Å². The van der Waals surface area contributed by atoms with Gasteiger partial charge in [0.05, 0.1) is 56.2 Å². The van der Waals surface area contributed by atoms with Gasteiger partial charge < -0.3 is 41.5 Å². The number of nitrogens with zero attached hydrogens (tertiary/aromatic N) is 5. The standard InChI is InChI=1S/C126H75N5O4/c1-5-28-76(29-6-1)79-58-62-85(63-59-79)127(84-34-11-4-12-35-84)86-36-21-37-87(75-86)128(113-55-26-46-100-102-67-65-94-89-38-13-17-50-107(89)130-108-51-18-14-39-90(108)96-42-22-48-104(119(96)130)117(94)125(102)134-123(100)113)111-53-25-45-99-93-64-60-81(74-116(93)133-122(99)111)80-61-69-110-106(73-80)95-66-68-103-101-47-27-56-114(124(101)135-126(103)118(95)105-49-23-43-97-91-40-15-19-52-109(91)131(110)120(97)105)129(112-54-24-44-98-92-41-16-20-57-115(92)132-121(98)112)88-71-82(77-30-7-2-8-31-77)70-83(72-88)78-32-9-3-10-33-78/h1-75H.